The minimum atomic E-state index is 0.0792. The van der Waals surface area contributed by atoms with E-state index in [1.165, 1.54) is 0 Å². The Balaban J connectivity index is 1.93. The van der Waals surface area contributed by atoms with E-state index in [4.69, 9.17) is 4.74 Å². The molecule has 0 aliphatic carbocycles. The molecule has 1 aromatic rings. The number of nitrogens with one attached hydrogen (secondary N) is 1. The Morgan fingerprint density at radius 3 is 2.87 bits per heavy atom. The molecule has 82 valence electrons. The SMILES string of the molecule is CC1OCCC1(C)NCc1cncnc1. The highest BCUT2D eigenvalue weighted by molar-refractivity contribution is 5.04. The second kappa shape index (κ2) is 4.24. The highest BCUT2D eigenvalue weighted by Crippen LogP contribution is 2.25. The van der Waals surface area contributed by atoms with Crippen LogP contribution >= 0.6 is 0 Å². The van der Waals surface area contributed by atoms with Crippen molar-refractivity contribution in [1.82, 2.24) is 15.3 Å². The van der Waals surface area contributed by atoms with E-state index in [1.807, 2.05) is 12.4 Å². The minimum Gasteiger partial charge on any atom is -0.377 e. The van der Waals surface area contributed by atoms with Gasteiger partial charge in [-0.1, -0.05) is 0 Å². The highest BCUT2D eigenvalue weighted by atomic mass is 16.5. The van der Waals surface area contributed by atoms with Crippen molar-refractivity contribution in [1.29, 1.82) is 0 Å². The molecule has 0 bridgehead atoms. The van der Waals surface area contributed by atoms with Gasteiger partial charge in [0.15, 0.2) is 0 Å². The molecule has 0 spiro atoms. The Bertz CT molecular complexity index is 317. The molecule has 2 heterocycles. The van der Waals surface area contributed by atoms with Crippen molar-refractivity contribution in [2.75, 3.05) is 6.61 Å². The van der Waals surface area contributed by atoms with Gasteiger partial charge < -0.3 is 10.1 Å². The molecule has 1 aliphatic rings. The quantitative estimate of drug-likeness (QED) is 0.807. The first kappa shape index (κ1) is 10.5. The monoisotopic (exact) mass is 207 g/mol. The predicted molar refractivity (Wildman–Crippen MR) is 57.3 cm³/mol. The topological polar surface area (TPSA) is 47.0 Å². The smallest absolute Gasteiger partial charge is 0.115 e. The Morgan fingerprint density at radius 2 is 2.27 bits per heavy atom. The van der Waals surface area contributed by atoms with Crippen molar-refractivity contribution in [3.05, 3.63) is 24.3 Å². The third kappa shape index (κ3) is 2.33. The second-order valence-corrected chi connectivity index (χ2v) is 4.28. The molecule has 2 rings (SSSR count). The van der Waals surface area contributed by atoms with E-state index in [9.17, 15) is 0 Å². The molecular formula is C11H17N3O. The lowest BCUT2D eigenvalue weighted by molar-refractivity contribution is 0.0881. The average molecular weight is 207 g/mol. The molecular weight excluding hydrogens is 190 g/mol. The zero-order valence-corrected chi connectivity index (χ0v) is 9.23. The summed E-state index contributed by atoms with van der Waals surface area (Å²) in [5.41, 5.74) is 1.19. The van der Waals surface area contributed by atoms with Gasteiger partial charge in [0, 0.05) is 36.6 Å². The van der Waals surface area contributed by atoms with Crippen LogP contribution in [0, 0.1) is 0 Å². The van der Waals surface area contributed by atoms with Gasteiger partial charge in [-0.05, 0) is 20.3 Å². The van der Waals surface area contributed by atoms with E-state index in [2.05, 4.69) is 29.1 Å². The zero-order valence-electron chi connectivity index (χ0n) is 9.23. The van der Waals surface area contributed by atoms with Crippen LogP contribution in [0.4, 0.5) is 0 Å². The van der Waals surface area contributed by atoms with Crippen LogP contribution in [0.25, 0.3) is 0 Å². The van der Waals surface area contributed by atoms with Crippen molar-refractivity contribution in [3.8, 4) is 0 Å². The van der Waals surface area contributed by atoms with Gasteiger partial charge in [-0.3, -0.25) is 0 Å². The Morgan fingerprint density at radius 1 is 1.53 bits per heavy atom. The van der Waals surface area contributed by atoms with Gasteiger partial charge in [0.05, 0.1) is 6.10 Å². The number of aromatic nitrogens is 2. The molecule has 15 heavy (non-hydrogen) atoms. The zero-order chi connectivity index (χ0) is 10.7. The molecule has 1 saturated heterocycles. The summed E-state index contributed by atoms with van der Waals surface area (Å²) in [5, 5.41) is 3.52. The highest BCUT2D eigenvalue weighted by Gasteiger charge is 2.36. The fourth-order valence-electron chi connectivity index (χ4n) is 1.79. The molecule has 1 fully saturated rings. The van der Waals surface area contributed by atoms with Gasteiger partial charge in [0.2, 0.25) is 0 Å². The van der Waals surface area contributed by atoms with E-state index < -0.39 is 0 Å². The third-order valence-corrected chi connectivity index (χ3v) is 3.20. The number of rotatable bonds is 3. The first-order valence-corrected chi connectivity index (χ1v) is 5.31. The molecule has 2 atom stereocenters. The molecule has 0 radical (unpaired) electrons. The first-order chi connectivity index (χ1) is 7.21. The second-order valence-electron chi connectivity index (χ2n) is 4.28. The maximum absolute atomic E-state index is 5.56. The Labute approximate surface area is 90.1 Å². The lowest BCUT2D eigenvalue weighted by atomic mass is 9.94. The van der Waals surface area contributed by atoms with Crippen LogP contribution < -0.4 is 5.32 Å². The number of hydrogen-bond donors (Lipinski definition) is 1. The third-order valence-electron chi connectivity index (χ3n) is 3.20. The summed E-state index contributed by atoms with van der Waals surface area (Å²) < 4.78 is 5.56. The Hall–Kier alpha value is -1.00. The lowest BCUT2D eigenvalue weighted by Gasteiger charge is -2.28. The van der Waals surface area contributed by atoms with Gasteiger partial charge in [0.25, 0.3) is 0 Å². The fraction of sp³-hybridized carbons (Fsp3) is 0.636. The summed E-state index contributed by atoms with van der Waals surface area (Å²) >= 11 is 0. The summed E-state index contributed by atoms with van der Waals surface area (Å²) in [6.45, 7) is 5.96. The molecule has 0 amide bonds. The Kier molecular flexibility index (Phi) is 2.98. The van der Waals surface area contributed by atoms with Gasteiger partial charge in [-0.2, -0.15) is 0 Å². The van der Waals surface area contributed by atoms with Gasteiger partial charge in [-0.15, -0.1) is 0 Å². The molecule has 2 unspecified atom stereocenters. The molecule has 4 nitrogen and oxygen atoms in total. The fourth-order valence-corrected chi connectivity index (χ4v) is 1.79. The van der Waals surface area contributed by atoms with Crippen LogP contribution in [-0.4, -0.2) is 28.2 Å². The standard InChI is InChI=1S/C11H17N3O/c1-9-11(2,3-4-15-9)14-7-10-5-12-8-13-6-10/h5-6,8-9,14H,3-4,7H2,1-2H3. The van der Waals surface area contributed by atoms with Crippen LogP contribution in [0.5, 0.6) is 0 Å². The lowest BCUT2D eigenvalue weighted by Crippen LogP contribution is -2.47. The van der Waals surface area contributed by atoms with E-state index in [0.29, 0.717) is 0 Å². The van der Waals surface area contributed by atoms with Crippen LogP contribution in [-0.2, 0) is 11.3 Å². The number of hydrogen-bond acceptors (Lipinski definition) is 4. The van der Waals surface area contributed by atoms with Gasteiger partial charge in [-0.25, -0.2) is 9.97 Å². The molecule has 0 aromatic carbocycles. The predicted octanol–water partition coefficient (Wildman–Crippen LogP) is 1.13. The van der Waals surface area contributed by atoms with Gasteiger partial charge in [0.1, 0.15) is 6.33 Å². The van der Waals surface area contributed by atoms with E-state index >= 15 is 0 Å². The maximum Gasteiger partial charge on any atom is 0.115 e. The van der Waals surface area contributed by atoms with Crippen molar-refractivity contribution in [3.63, 3.8) is 0 Å². The largest absolute Gasteiger partial charge is 0.377 e. The minimum absolute atomic E-state index is 0.0792. The summed E-state index contributed by atoms with van der Waals surface area (Å²) in [6, 6.07) is 0. The maximum atomic E-state index is 5.56. The molecule has 4 heteroatoms. The molecule has 0 saturated carbocycles. The summed E-state index contributed by atoms with van der Waals surface area (Å²) in [4.78, 5) is 7.98. The number of ether oxygens (including phenoxy) is 1. The summed E-state index contributed by atoms with van der Waals surface area (Å²) in [7, 11) is 0. The normalized spacial score (nSPS) is 30.7. The summed E-state index contributed by atoms with van der Waals surface area (Å²) in [6.07, 6.45) is 6.55. The number of nitrogens with zero attached hydrogens (tertiary/aromatic N) is 2. The van der Waals surface area contributed by atoms with E-state index in [-0.39, 0.29) is 11.6 Å². The van der Waals surface area contributed by atoms with Crippen molar-refractivity contribution in [2.45, 2.75) is 38.5 Å². The van der Waals surface area contributed by atoms with Crippen LogP contribution in [0.1, 0.15) is 25.8 Å². The van der Waals surface area contributed by atoms with Crippen molar-refractivity contribution < 1.29 is 4.74 Å². The molecule has 1 aromatic heterocycles. The van der Waals surface area contributed by atoms with Gasteiger partial charge >= 0.3 is 0 Å². The van der Waals surface area contributed by atoms with Crippen molar-refractivity contribution in [2.24, 2.45) is 0 Å². The van der Waals surface area contributed by atoms with Crippen LogP contribution in [0.15, 0.2) is 18.7 Å². The van der Waals surface area contributed by atoms with Crippen LogP contribution in [0.3, 0.4) is 0 Å². The van der Waals surface area contributed by atoms with E-state index in [0.717, 1.165) is 25.1 Å². The molecule has 1 aliphatic heterocycles. The molecule has 1 N–H and O–H groups in total. The summed E-state index contributed by atoms with van der Waals surface area (Å²) in [5.74, 6) is 0. The van der Waals surface area contributed by atoms with Crippen LogP contribution in [0.2, 0.25) is 0 Å². The van der Waals surface area contributed by atoms with Crippen molar-refractivity contribution >= 4 is 0 Å². The first-order valence-electron chi connectivity index (χ1n) is 5.31. The van der Waals surface area contributed by atoms with E-state index in [1.54, 1.807) is 6.33 Å². The average Bonchev–Trinajstić information content (AvgIpc) is 2.59.